The molecule has 0 saturated heterocycles. The quantitative estimate of drug-likeness (QED) is 0.648. The molecule has 0 aliphatic heterocycles. The van der Waals surface area contributed by atoms with E-state index in [2.05, 4.69) is 37.3 Å². The summed E-state index contributed by atoms with van der Waals surface area (Å²) in [7, 11) is 0. The third kappa shape index (κ3) is 2.44. The minimum absolute atomic E-state index is 0.342. The van der Waals surface area contributed by atoms with E-state index < -0.39 is 6.04 Å². The van der Waals surface area contributed by atoms with Gasteiger partial charge in [0, 0.05) is 0 Å². The van der Waals surface area contributed by atoms with Crippen molar-refractivity contribution in [2.24, 2.45) is 5.84 Å². The van der Waals surface area contributed by atoms with Gasteiger partial charge in [-0.25, -0.2) is 9.82 Å². The van der Waals surface area contributed by atoms with Gasteiger partial charge in [0.05, 0.1) is 15.2 Å². The van der Waals surface area contributed by atoms with Crippen LogP contribution < -0.4 is 11.3 Å². The van der Waals surface area contributed by atoms with Gasteiger partial charge in [-0.3, -0.25) is 5.84 Å². The van der Waals surface area contributed by atoms with Crippen LogP contribution in [0.1, 0.15) is 17.4 Å². The van der Waals surface area contributed by atoms with Crippen molar-refractivity contribution in [2.75, 3.05) is 0 Å². The van der Waals surface area contributed by atoms with Crippen LogP contribution in [0.4, 0.5) is 4.39 Å². The Morgan fingerprint density at radius 2 is 2.06 bits per heavy atom. The molecule has 0 amide bonds. The molecule has 0 bridgehead atoms. The zero-order valence-electron chi connectivity index (χ0n) is 8.58. The lowest BCUT2D eigenvalue weighted by Crippen LogP contribution is -2.29. The smallest absolute Gasteiger partial charge is 0.140 e. The van der Waals surface area contributed by atoms with Crippen molar-refractivity contribution < 1.29 is 8.81 Å². The fourth-order valence-electron chi connectivity index (χ4n) is 1.56. The average Bonchev–Trinajstić information content (AvgIpc) is 2.72. The number of hydrogen-bond acceptors (Lipinski definition) is 3. The number of hydrazine groups is 1. The second-order valence-electron chi connectivity index (χ2n) is 3.38. The molecule has 1 heterocycles. The van der Waals surface area contributed by atoms with E-state index >= 15 is 0 Å². The predicted octanol–water partition coefficient (Wildman–Crippen LogP) is 3.50. The Morgan fingerprint density at radius 1 is 1.29 bits per heavy atom. The van der Waals surface area contributed by atoms with E-state index in [1.54, 1.807) is 18.2 Å². The van der Waals surface area contributed by atoms with Gasteiger partial charge in [0.25, 0.3) is 0 Å². The minimum atomic E-state index is -0.426. The summed E-state index contributed by atoms with van der Waals surface area (Å²) < 4.78 is 19.9. The van der Waals surface area contributed by atoms with Gasteiger partial charge in [0.15, 0.2) is 0 Å². The van der Waals surface area contributed by atoms with Crippen LogP contribution >= 0.6 is 31.9 Å². The van der Waals surface area contributed by atoms with Crippen LogP contribution in [-0.4, -0.2) is 0 Å². The molecule has 0 spiro atoms. The molecule has 1 unspecified atom stereocenters. The number of halogens is 3. The van der Waals surface area contributed by atoms with Gasteiger partial charge in [-0.15, -0.1) is 0 Å². The maximum absolute atomic E-state index is 13.5. The average molecular weight is 364 g/mol. The van der Waals surface area contributed by atoms with Crippen LogP contribution in [0, 0.1) is 5.82 Å². The van der Waals surface area contributed by atoms with Crippen LogP contribution in [0.3, 0.4) is 0 Å². The molecule has 1 aromatic heterocycles. The molecule has 1 aromatic carbocycles. The van der Waals surface area contributed by atoms with Crippen LogP contribution in [0.25, 0.3) is 0 Å². The Balaban J connectivity index is 2.50. The largest absolute Gasteiger partial charge is 0.466 e. The van der Waals surface area contributed by atoms with Gasteiger partial charge in [-0.05, 0) is 49.6 Å². The number of rotatable bonds is 3. The first-order valence-corrected chi connectivity index (χ1v) is 6.36. The minimum Gasteiger partial charge on any atom is -0.466 e. The molecule has 0 radical (unpaired) electrons. The predicted molar refractivity (Wildman–Crippen MR) is 69.7 cm³/mol. The Labute approximate surface area is 114 Å². The van der Waals surface area contributed by atoms with Gasteiger partial charge in [-0.1, -0.05) is 12.1 Å². The van der Waals surface area contributed by atoms with E-state index in [1.165, 1.54) is 12.3 Å². The van der Waals surface area contributed by atoms with E-state index in [0.717, 1.165) is 4.47 Å². The summed E-state index contributed by atoms with van der Waals surface area (Å²) in [6.45, 7) is 0. The number of benzene rings is 1. The second-order valence-corrected chi connectivity index (χ2v) is 5.02. The van der Waals surface area contributed by atoms with Crippen LogP contribution in [0.5, 0.6) is 0 Å². The van der Waals surface area contributed by atoms with Crippen molar-refractivity contribution in [1.29, 1.82) is 0 Å². The first-order chi connectivity index (χ1) is 8.15. The lowest BCUT2D eigenvalue weighted by molar-refractivity contribution is 0.447. The van der Waals surface area contributed by atoms with Crippen LogP contribution in [-0.2, 0) is 0 Å². The fraction of sp³-hybridized carbons (Fsp3) is 0.0909. The maximum atomic E-state index is 13.5. The second kappa shape index (κ2) is 5.30. The van der Waals surface area contributed by atoms with Crippen molar-refractivity contribution >= 4 is 31.9 Å². The van der Waals surface area contributed by atoms with Gasteiger partial charge >= 0.3 is 0 Å². The molecule has 0 fully saturated rings. The molecule has 0 aliphatic carbocycles. The van der Waals surface area contributed by atoms with E-state index in [4.69, 9.17) is 10.3 Å². The molecule has 1 atom stereocenters. The molecule has 3 N–H and O–H groups in total. The summed E-state index contributed by atoms with van der Waals surface area (Å²) in [5.41, 5.74) is 3.28. The molecular weight excluding hydrogens is 355 g/mol. The normalized spacial score (nSPS) is 12.7. The molecule has 90 valence electrons. The third-order valence-corrected chi connectivity index (χ3v) is 3.86. The number of hydrogen-bond donors (Lipinski definition) is 2. The van der Waals surface area contributed by atoms with Gasteiger partial charge in [-0.2, -0.15) is 0 Å². The first-order valence-electron chi connectivity index (χ1n) is 4.78. The Morgan fingerprint density at radius 3 is 2.65 bits per heavy atom. The Hall–Kier alpha value is -0.690. The molecule has 2 aromatic rings. The molecule has 3 nitrogen and oxygen atoms in total. The highest BCUT2D eigenvalue weighted by Crippen LogP contribution is 2.33. The number of furan rings is 1. The number of nitrogens with two attached hydrogens (primary N) is 1. The Kier molecular flexibility index (Phi) is 3.98. The monoisotopic (exact) mass is 362 g/mol. The van der Waals surface area contributed by atoms with Gasteiger partial charge in [0.1, 0.15) is 17.6 Å². The number of nitrogens with one attached hydrogen (secondary N) is 1. The maximum Gasteiger partial charge on any atom is 0.140 e. The zero-order valence-corrected chi connectivity index (χ0v) is 11.8. The van der Waals surface area contributed by atoms with Crippen LogP contribution in [0.15, 0.2) is 43.9 Å². The fourth-order valence-corrected chi connectivity index (χ4v) is 2.49. The third-order valence-electron chi connectivity index (χ3n) is 2.37. The summed E-state index contributed by atoms with van der Waals surface area (Å²) in [6, 6.07) is 6.10. The molecule has 2 rings (SSSR count). The molecule has 6 heteroatoms. The Bertz CT molecular complexity index is 530. The summed E-state index contributed by atoms with van der Waals surface area (Å²) in [4.78, 5) is 0. The zero-order chi connectivity index (χ0) is 12.4. The lowest BCUT2D eigenvalue weighted by atomic mass is 10.1. The molecular formula is C11H9Br2FN2O. The summed E-state index contributed by atoms with van der Waals surface area (Å²) in [5, 5.41) is 0. The highest BCUT2D eigenvalue weighted by Gasteiger charge is 2.22. The van der Waals surface area contributed by atoms with Crippen molar-refractivity contribution in [3.05, 3.63) is 56.6 Å². The van der Waals surface area contributed by atoms with Gasteiger partial charge in [0.2, 0.25) is 0 Å². The summed E-state index contributed by atoms with van der Waals surface area (Å²) >= 11 is 6.55. The summed E-state index contributed by atoms with van der Waals surface area (Å²) in [5.74, 6) is 5.76. The molecule has 17 heavy (non-hydrogen) atoms. The van der Waals surface area contributed by atoms with Crippen LogP contribution in [0.2, 0.25) is 0 Å². The van der Waals surface area contributed by atoms with Crippen molar-refractivity contribution in [3.63, 3.8) is 0 Å². The van der Waals surface area contributed by atoms with Crippen molar-refractivity contribution in [3.8, 4) is 0 Å². The standard InChI is InChI=1S/C11H9Br2FN2O/c12-7-4-5-17-11(7)10(16-15)6-2-1-3-8(14)9(6)13/h1-5,10,16H,15H2. The molecule has 0 aliphatic rings. The lowest BCUT2D eigenvalue weighted by Gasteiger charge is -2.16. The SMILES string of the molecule is NNC(c1cccc(F)c1Br)c1occc1Br. The highest BCUT2D eigenvalue weighted by molar-refractivity contribution is 9.10. The first kappa shape index (κ1) is 12.8. The van der Waals surface area contributed by atoms with Crippen molar-refractivity contribution in [1.82, 2.24) is 5.43 Å². The summed E-state index contributed by atoms with van der Waals surface area (Å²) in [6.07, 6.45) is 1.54. The topological polar surface area (TPSA) is 51.2 Å². The van der Waals surface area contributed by atoms with E-state index in [-0.39, 0.29) is 5.82 Å². The van der Waals surface area contributed by atoms with E-state index in [1.807, 2.05) is 0 Å². The van der Waals surface area contributed by atoms with E-state index in [9.17, 15) is 4.39 Å². The highest BCUT2D eigenvalue weighted by atomic mass is 79.9. The van der Waals surface area contributed by atoms with E-state index in [0.29, 0.717) is 15.8 Å². The molecule has 0 saturated carbocycles. The van der Waals surface area contributed by atoms with Crippen molar-refractivity contribution in [2.45, 2.75) is 6.04 Å². The van der Waals surface area contributed by atoms with Gasteiger partial charge < -0.3 is 4.42 Å².